The van der Waals surface area contributed by atoms with Gasteiger partial charge in [0, 0.05) is 29.5 Å². The van der Waals surface area contributed by atoms with Crippen LogP contribution in [0.3, 0.4) is 0 Å². The van der Waals surface area contributed by atoms with Gasteiger partial charge in [0.05, 0.1) is 18.1 Å². The molecule has 0 unspecified atom stereocenters. The van der Waals surface area contributed by atoms with Crippen LogP contribution >= 0.6 is 0 Å². The van der Waals surface area contributed by atoms with E-state index in [1.54, 1.807) is 43.0 Å². The number of aromatic amines is 1. The predicted molar refractivity (Wildman–Crippen MR) is 103 cm³/mol. The van der Waals surface area contributed by atoms with Gasteiger partial charge in [0.2, 0.25) is 11.8 Å². The summed E-state index contributed by atoms with van der Waals surface area (Å²) in [6, 6.07) is 8.60. The number of H-pyrrole nitrogens is 1. The van der Waals surface area contributed by atoms with Gasteiger partial charge >= 0.3 is 0 Å². The molecule has 2 aromatic rings. The number of nitrogens with zero attached hydrogens (tertiary/aromatic N) is 4. The van der Waals surface area contributed by atoms with Crippen molar-refractivity contribution >= 4 is 17.5 Å². The molecule has 1 aliphatic heterocycles. The van der Waals surface area contributed by atoms with Crippen molar-refractivity contribution in [2.45, 2.75) is 33.2 Å². The number of aryl methyl sites for hydroxylation is 2. The van der Waals surface area contributed by atoms with Gasteiger partial charge < -0.3 is 14.8 Å². The lowest BCUT2D eigenvalue weighted by molar-refractivity contribution is -0.138. The van der Waals surface area contributed by atoms with Crippen molar-refractivity contribution in [1.82, 2.24) is 14.9 Å². The van der Waals surface area contributed by atoms with Crippen molar-refractivity contribution in [3.8, 4) is 6.07 Å². The Morgan fingerprint density at radius 1 is 1.29 bits per heavy atom. The van der Waals surface area contributed by atoms with Gasteiger partial charge in [-0.05, 0) is 45.0 Å². The topological polar surface area (TPSA) is 110 Å². The second-order valence-electron chi connectivity index (χ2n) is 6.93. The molecule has 2 heterocycles. The van der Waals surface area contributed by atoms with Crippen molar-refractivity contribution in [1.29, 1.82) is 5.26 Å². The zero-order chi connectivity index (χ0) is 20.4. The molecule has 1 N–H and O–H groups in total. The number of carbonyl (C=O) groups excluding carboxylic acids is 2. The Balaban J connectivity index is 1.75. The Hall–Kier alpha value is -3.47. The average Bonchev–Trinajstić information content (AvgIpc) is 2.66. The third-order valence-corrected chi connectivity index (χ3v) is 4.88. The highest BCUT2D eigenvalue weighted by Gasteiger charge is 2.33. The largest absolute Gasteiger partial charge is 0.329 e. The summed E-state index contributed by atoms with van der Waals surface area (Å²) in [5.74, 6) is 0.0154. The second kappa shape index (κ2) is 7.64. The first-order chi connectivity index (χ1) is 13.3. The molecule has 3 rings (SSSR count). The number of nitrogens with one attached hydrogen (secondary N) is 1. The van der Waals surface area contributed by atoms with E-state index in [2.05, 4.69) is 9.97 Å². The smallest absolute Gasteiger partial charge is 0.254 e. The first kappa shape index (κ1) is 19.3. The van der Waals surface area contributed by atoms with Gasteiger partial charge in [-0.25, -0.2) is 4.98 Å². The van der Waals surface area contributed by atoms with Crippen molar-refractivity contribution in [2.24, 2.45) is 0 Å². The molecule has 8 nitrogen and oxygen atoms in total. The molecule has 0 saturated carbocycles. The fourth-order valence-electron chi connectivity index (χ4n) is 3.36. The summed E-state index contributed by atoms with van der Waals surface area (Å²) >= 11 is 0. The highest BCUT2D eigenvalue weighted by molar-refractivity contribution is 5.98. The normalized spacial score (nSPS) is 16.8. The summed E-state index contributed by atoms with van der Waals surface area (Å²) in [4.78, 5) is 47.5. The Labute approximate surface area is 162 Å². The van der Waals surface area contributed by atoms with Gasteiger partial charge in [-0.2, -0.15) is 5.26 Å². The first-order valence-corrected chi connectivity index (χ1v) is 8.96. The number of aromatic nitrogens is 2. The SMILES string of the molecule is Cc1nc(C)c(CC(=O)N2CC(=O)N(c3ccc(C#N)cc3)C[C@@H]2C)c(=O)[nH]1. The van der Waals surface area contributed by atoms with Gasteiger partial charge in [-0.3, -0.25) is 14.4 Å². The van der Waals surface area contributed by atoms with Crippen LogP contribution in [-0.2, 0) is 16.0 Å². The van der Waals surface area contributed by atoms with Gasteiger partial charge in [-0.15, -0.1) is 0 Å². The molecular weight excluding hydrogens is 358 g/mol. The number of amides is 2. The standard InChI is InChI=1S/C20H21N5O3/c1-12-10-25(16-6-4-15(9-21)5-7-16)19(27)11-24(12)18(26)8-17-13(2)22-14(3)23-20(17)28/h4-7,12H,8,10-11H2,1-3H3,(H,22,23,28)/t12-/m0/s1. The van der Waals surface area contributed by atoms with E-state index in [1.807, 2.05) is 13.0 Å². The maximum Gasteiger partial charge on any atom is 0.254 e. The van der Waals surface area contributed by atoms with E-state index in [-0.39, 0.29) is 36.4 Å². The Bertz CT molecular complexity index is 1020. The van der Waals surface area contributed by atoms with Gasteiger partial charge in [0.1, 0.15) is 12.4 Å². The number of piperazine rings is 1. The number of hydrogen-bond acceptors (Lipinski definition) is 5. The second-order valence-corrected chi connectivity index (χ2v) is 6.93. The zero-order valence-corrected chi connectivity index (χ0v) is 16.0. The van der Waals surface area contributed by atoms with E-state index in [0.29, 0.717) is 34.9 Å². The molecule has 0 radical (unpaired) electrons. The monoisotopic (exact) mass is 379 g/mol. The fourth-order valence-corrected chi connectivity index (χ4v) is 3.36. The van der Waals surface area contributed by atoms with Crippen LogP contribution in [0.25, 0.3) is 0 Å². The summed E-state index contributed by atoms with van der Waals surface area (Å²) in [5.41, 5.74) is 1.73. The molecule has 2 amide bonds. The van der Waals surface area contributed by atoms with E-state index in [9.17, 15) is 14.4 Å². The molecule has 144 valence electrons. The molecule has 1 saturated heterocycles. The summed E-state index contributed by atoms with van der Waals surface area (Å²) in [6.45, 7) is 5.53. The molecule has 1 aliphatic rings. The third-order valence-electron chi connectivity index (χ3n) is 4.88. The van der Waals surface area contributed by atoms with Crippen molar-refractivity contribution in [3.05, 3.63) is 57.3 Å². The van der Waals surface area contributed by atoms with Crippen LogP contribution in [-0.4, -0.2) is 45.8 Å². The first-order valence-electron chi connectivity index (χ1n) is 8.96. The van der Waals surface area contributed by atoms with Crippen LogP contribution in [0.15, 0.2) is 29.1 Å². The lowest BCUT2D eigenvalue weighted by atomic mass is 10.1. The average molecular weight is 379 g/mol. The Kier molecular flexibility index (Phi) is 5.27. The van der Waals surface area contributed by atoms with E-state index < -0.39 is 0 Å². The number of hydrogen-bond donors (Lipinski definition) is 1. The van der Waals surface area contributed by atoms with Crippen LogP contribution in [0.1, 0.15) is 29.6 Å². The minimum absolute atomic E-state index is 0.0593. The number of carbonyl (C=O) groups is 2. The van der Waals surface area contributed by atoms with Crippen LogP contribution in [0.5, 0.6) is 0 Å². The molecule has 1 atom stereocenters. The molecule has 0 aliphatic carbocycles. The molecule has 0 spiro atoms. The number of benzene rings is 1. The highest BCUT2D eigenvalue weighted by Crippen LogP contribution is 2.21. The number of nitriles is 1. The highest BCUT2D eigenvalue weighted by atomic mass is 16.2. The predicted octanol–water partition coefficient (Wildman–Crippen LogP) is 1.06. The van der Waals surface area contributed by atoms with Gasteiger partial charge in [0.25, 0.3) is 5.56 Å². The van der Waals surface area contributed by atoms with Crippen LogP contribution < -0.4 is 10.5 Å². The van der Waals surface area contributed by atoms with E-state index in [4.69, 9.17) is 5.26 Å². The van der Waals surface area contributed by atoms with Gasteiger partial charge in [0.15, 0.2) is 0 Å². The summed E-state index contributed by atoms with van der Waals surface area (Å²) < 4.78 is 0. The van der Waals surface area contributed by atoms with Crippen molar-refractivity contribution in [2.75, 3.05) is 18.0 Å². The van der Waals surface area contributed by atoms with Crippen molar-refractivity contribution in [3.63, 3.8) is 0 Å². The number of anilines is 1. The molecule has 28 heavy (non-hydrogen) atoms. The van der Waals surface area contributed by atoms with Crippen molar-refractivity contribution < 1.29 is 9.59 Å². The van der Waals surface area contributed by atoms with E-state index in [0.717, 1.165) is 0 Å². The van der Waals surface area contributed by atoms with Gasteiger partial charge in [-0.1, -0.05) is 0 Å². The molecular formula is C20H21N5O3. The minimum Gasteiger partial charge on any atom is -0.329 e. The molecule has 1 fully saturated rings. The number of rotatable bonds is 3. The quantitative estimate of drug-likeness (QED) is 0.858. The van der Waals surface area contributed by atoms with Crippen LogP contribution in [0.2, 0.25) is 0 Å². The van der Waals surface area contributed by atoms with E-state index >= 15 is 0 Å². The maximum atomic E-state index is 12.8. The maximum absolute atomic E-state index is 12.8. The van der Waals surface area contributed by atoms with E-state index in [1.165, 1.54) is 4.90 Å². The van der Waals surface area contributed by atoms with Crippen LogP contribution in [0, 0.1) is 25.2 Å². The Morgan fingerprint density at radius 2 is 1.96 bits per heavy atom. The lowest BCUT2D eigenvalue weighted by Crippen LogP contribution is -2.57. The third kappa shape index (κ3) is 3.78. The zero-order valence-electron chi connectivity index (χ0n) is 16.0. The summed E-state index contributed by atoms with van der Waals surface area (Å²) in [7, 11) is 0. The summed E-state index contributed by atoms with van der Waals surface area (Å²) in [5, 5.41) is 8.90. The Morgan fingerprint density at radius 3 is 2.57 bits per heavy atom. The lowest BCUT2D eigenvalue weighted by Gasteiger charge is -2.39. The molecule has 1 aromatic carbocycles. The minimum atomic E-state index is -0.325. The molecule has 8 heteroatoms. The fraction of sp³-hybridized carbons (Fsp3) is 0.350. The van der Waals surface area contributed by atoms with Crippen LogP contribution in [0.4, 0.5) is 5.69 Å². The molecule has 1 aromatic heterocycles. The summed E-state index contributed by atoms with van der Waals surface area (Å²) in [6.07, 6.45) is -0.0943. The molecule has 0 bridgehead atoms.